The third kappa shape index (κ3) is 4.12. The van der Waals surface area contributed by atoms with Gasteiger partial charge in [-0.25, -0.2) is 9.78 Å². The molecule has 3 heterocycles. The van der Waals surface area contributed by atoms with Crippen LogP contribution in [0.15, 0.2) is 18.5 Å². The number of benzene rings is 1. The first kappa shape index (κ1) is 19.8. The number of anilines is 2. The van der Waals surface area contributed by atoms with Gasteiger partial charge in [-0.2, -0.15) is 0 Å². The number of fused-ring (bicyclic) bond motifs is 1. The van der Waals surface area contributed by atoms with Crippen LogP contribution in [0.4, 0.5) is 16.2 Å². The number of nitrogens with one attached hydrogen (secondary N) is 1. The third-order valence-electron chi connectivity index (χ3n) is 5.59. The van der Waals surface area contributed by atoms with E-state index in [1.54, 1.807) is 0 Å². The minimum Gasteiger partial charge on any atom is -0.444 e. The molecule has 0 bridgehead atoms. The van der Waals surface area contributed by atoms with Crippen LogP contribution in [0.25, 0.3) is 11.0 Å². The van der Waals surface area contributed by atoms with Crippen molar-refractivity contribution in [3.8, 4) is 0 Å². The molecule has 2 saturated heterocycles. The quantitative estimate of drug-likeness (QED) is 0.765. The summed E-state index contributed by atoms with van der Waals surface area (Å²) in [5.74, 6) is 0. The molecule has 8 heteroatoms. The van der Waals surface area contributed by atoms with Crippen molar-refractivity contribution < 1.29 is 14.3 Å². The fourth-order valence-electron chi connectivity index (χ4n) is 4.29. The molecule has 8 nitrogen and oxygen atoms in total. The van der Waals surface area contributed by atoms with Gasteiger partial charge in [0.25, 0.3) is 0 Å². The summed E-state index contributed by atoms with van der Waals surface area (Å²) < 4.78 is 13.1. The van der Waals surface area contributed by atoms with Gasteiger partial charge in [0.2, 0.25) is 0 Å². The van der Waals surface area contributed by atoms with Crippen molar-refractivity contribution in [2.24, 2.45) is 0 Å². The van der Waals surface area contributed by atoms with Crippen LogP contribution < -0.4 is 16.0 Å². The van der Waals surface area contributed by atoms with Crippen LogP contribution in [-0.4, -0.2) is 53.6 Å². The number of alkyl carbamates (subject to hydrolysis) is 1. The van der Waals surface area contributed by atoms with Crippen LogP contribution in [0, 0.1) is 0 Å². The maximum atomic E-state index is 12.1. The number of hydrogen-bond acceptors (Lipinski definition) is 6. The number of carbonyl (C=O) groups excluding carboxylic acids is 1. The molecule has 158 valence electrons. The van der Waals surface area contributed by atoms with Crippen molar-refractivity contribution in [1.29, 1.82) is 0 Å². The van der Waals surface area contributed by atoms with E-state index in [2.05, 4.69) is 14.8 Å². The van der Waals surface area contributed by atoms with Crippen LogP contribution in [0.5, 0.6) is 0 Å². The fourth-order valence-corrected chi connectivity index (χ4v) is 4.29. The van der Waals surface area contributed by atoms with Crippen LogP contribution >= 0.6 is 0 Å². The van der Waals surface area contributed by atoms with Gasteiger partial charge in [-0.3, -0.25) is 0 Å². The number of ether oxygens (including phenoxy) is 2. The lowest BCUT2D eigenvalue weighted by Crippen LogP contribution is -2.42. The Morgan fingerprint density at radius 2 is 2.21 bits per heavy atom. The highest BCUT2D eigenvalue weighted by atomic mass is 16.6. The number of hydrogen-bond donors (Lipinski definition) is 2. The summed E-state index contributed by atoms with van der Waals surface area (Å²) >= 11 is 0. The Balaban J connectivity index is 1.56. The summed E-state index contributed by atoms with van der Waals surface area (Å²) in [6.07, 6.45) is 4.55. The summed E-state index contributed by atoms with van der Waals surface area (Å²) in [5, 5.41) is 2.91. The first-order valence-electron chi connectivity index (χ1n) is 10.4. The smallest absolute Gasteiger partial charge is 0.407 e. The van der Waals surface area contributed by atoms with Gasteiger partial charge in [-0.15, -0.1) is 0 Å². The molecule has 2 aliphatic rings. The maximum absolute atomic E-state index is 12.1. The topological polar surface area (TPSA) is 94.6 Å². The van der Waals surface area contributed by atoms with Gasteiger partial charge in [0.05, 0.1) is 35.9 Å². The summed E-state index contributed by atoms with van der Waals surface area (Å²) in [6.45, 7) is 8.50. The Bertz CT molecular complexity index is 882. The number of carbonyl (C=O) groups is 1. The predicted molar refractivity (Wildman–Crippen MR) is 113 cm³/mol. The van der Waals surface area contributed by atoms with Crippen molar-refractivity contribution in [2.75, 3.05) is 36.9 Å². The summed E-state index contributed by atoms with van der Waals surface area (Å²) in [7, 11) is 0. The maximum Gasteiger partial charge on any atom is 0.407 e. The molecule has 0 saturated carbocycles. The molecule has 4 rings (SSSR count). The highest BCUT2D eigenvalue weighted by Gasteiger charge is 2.30. The second-order valence-electron chi connectivity index (χ2n) is 8.91. The highest BCUT2D eigenvalue weighted by molar-refractivity contribution is 5.96. The van der Waals surface area contributed by atoms with Gasteiger partial charge in [-0.1, -0.05) is 0 Å². The molecule has 0 radical (unpaired) electrons. The third-order valence-corrected chi connectivity index (χ3v) is 5.59. The van der Waals surface area contributed by atoms with E-state index in [1.165, 1.54) is 0 Å². The summed E-state index contributed by atoms with van der Waals surface area (Å²) in [6, 6.07) is 4.49. The number of aromatic nitrogens is 2. The second-order valence-corrected chi connectivity index (χ2v) is 8.91. The lowest BCUT2D eigenvalue weighted by molar-refractivity contribution is 0.0525. The summed E-state index contributed by atoms with van der Waals surface area (Å²) in [5.41, 5.74) is 9.58. The first-order chi connectivity index (χ1) is 13.8. The number of amides is 1. The number of imidazole rings is 1. The molecule has 2 fully saturated rings. The molecular weight excluding hydrogens is 370 g/mol. The van der Waals surface area contributed by atoms with E-state index < -0.39 is 5.60 Å². The monoisotopic (exact) mass is 401 g/mol. The molecule has 0 unspecified atom stereocenters. The van der Waals surface area contributed by atoms with Crippen molar-refractivity contribution in [3.63, 3.8) is 0 Å². The Morgan fingerprint density at radius 3 is 2.93 bits per heavy atom. The average Bonchev–Trinajstić information content (AvgIpc) is 3.38. The Morgan fingerprint density at radius 1 is 1.38 bits per heavy atom. The Labute approximate surface area is 171 Å². The molecule has 0 aliphatic carbocycles. The number of rotatable bonds is 4. The minimum atomic E-state index is -0.508. The Kier molecular flexibility index (Phi) is 5.29. The SMILES string of the molecule is CC(C)(C)OC(=O)NC[C@@H]1CCCN1c1c(N)ccc2c1ncn2[C@@H]1CCOC1. The molecule has 1 aromatic carbocycles. The standard InChI is InChI=1S/C21H31N5O3/c1-21(2,3)29-20(27)23-11-14-5-4-9-25(14)19-16(22)6-7-17-18(19)24-13-26(17)15-8-10-28-12-15/h6-7,13-15H,4-5,8-12,22H2,1-3H3,(H,23,27)/t14-,15+/m0/s1. The molecule has 2 aliphatic heterocycles. The van der Waals surface area contributed by atoms with Gasteiger partial charge in [0.1, 0.15) is 11.1 Å². The largest absolute Gasteiger partial charge is 0.444 e. The molecule has 0 spiro atoms. The number of nitrogens with zero attached hydrogens (tertiary/aromatic N) is 3. The molecule has 1 aromatic heterocycles. The average molecular weight is 402 g/mol. The van der Waals surface area contributed by atoms with Crippen molar-refractivity contribution in [3.05, 3.63) is 18.5 Å². The Hall–Kier alpha value is -2.48. The van der Waals surface area contributed by atoms with E-state index >= 15 is 0 Å². The number of nitrogens with two attached hydrogens (primary N) is 1. The van der Waals surface area contributed by atoms with Crippen LogP contribution in [0.2, 0.25) is 0 Å². The fraction of sp³-hybridized carbons (Fsp3) is 0.619. The van der Waals surface area contributed by atoms with Crippen molar-refractivity contribution in [1.82, 2.24) is 14.9 Å². The van der Waals surface area contributed by atoms with Crippen molar-refractivity contribution in [2.45, 2.75) is 57.7 Å². The van der Waals surface area contributed by atoms with E-state index in [1.807, 2.05) is 39.2 Å². The molecule has 2 aromatic rings. The van der Waals surface area contributed by atoms with E-state index in [0.29, 0.717) is 12.6 Å². The molecule has 29 heavy (non-hydrogen) atoms. The number of nitrogen functional groups attached to an aromatic ring is 1. The zero-order chi connectivity index (χ0) is 20.6. The minimum absolute atomic E-state index is 0.162. The van der Waals surface area contributed by atoms with Crippen LogP contribution in [0.3, 0.4) is 0 Å². The van der Waals surface area contributed by atoms with Crippen LogP contribution in [0.1, 0.15) is 46.1 Å². The molecule has 3 N–H and O–H groups in total. The van der Waals surface area contributed by atoms with Gasteiger partial charge < -0.3 is 30.0 Å². The lowest BCUT2D eigenvalue weighted by atomic mass is 10.1. The first-order valence-corrected chi connectivity index (χ1v) is 10.4. The van der Waals surface area contributed by atoms with Gasteiger partial charge in [0.15, 0.2) is 0 Å². The van der Waals surface area contributed by atoms with Crippen molar-refractivity contribution >= 4 is 28.5 Å². The van der Waals surface area contributed by atoms with E-state index in [0.717, 1.165) is 61.4 Å². The van der Waals surface area contributed by atoms with E-state index in [9.17, 15) is 4.79 Å². The zero-order valence-electron chi connectivity index (χ0n) is 17.5. The molecule has 2 atom stereocenters. The van der Waals surface area contributed by atoms with Gasteiger partial charge in [0, 0.05) is 25.7 Å². The van der Waals surface area contributed by atoms with Gasteiger partial charge in [-0.05, 0) is 52.2 Å². The summed E-state index contributed by atoms with van der Waals surface area (Å²) in [4.78, 5) is 19.1. The predicted octanol–water partition coefficient (Wildman–Crippen LogP) is 3.07. The normalized spacial score (nSPS) is 22.4. The second kappa shape index (κ2) is 7.74. The van der Waals surface area contributed by atoms with Gasteiger partial charge >= 0.3 is 6.09 Å². The van der Waals surface area contributed by atoms with E-state index in [4.69, 9.17) is 20.2 Å². The van der Waals surface area contributed by atoms with E-state index in [-0.39, 0.29) is 12.1 Å². The highest BCUT2D eigenvalue weighted by Crippen LogP contribution is 2.37. The van der Waals surface area contributed by atoms with Crippen LogP contribution in [-0.2, 0) is 9.47 Å². The molecular formula is C21H31N5O3. The lowest BCUT2D eigenvalue weighted by Gasteiger charge is -2.29. The zero-order valence-corrected chi connectivity index (χ0v) is 17.5. The molecule has 1 amide bonds.